The van der Waals surface area contributed by atoms with Crippen LogP contribution in [0.5, 0.6) is 0 Å². The van der Waals surface area contributed by atoms with Crippen LogP contribution in [0.3, 0.4) is 0 Å². The molecule has 0 unspecified atom stereocenters. The van der Waals surface area contributed by atoms with Crippen LogP contribution in [-0.4, -0.2) is 45.2 Å². The molecule has 1 aromatic heterocycles. The number of likely N-dealkylation sites (N-methyl/N-ethyl adjacent to an activating group) is 1. The van der Waals surface area contributed by atoms with Gasteiger partial charge in [0.1, 0.15) is 5.69 Å². The first-order valence-electron chi connectivity index (χ1n) is 10.4. The number of rotatable bonds is 7. The molecule has 4 rings (SSSR count). The zero-order valence-corrected chi connectivity index (χ0v) is 20.1. The number of carbonyl (C=O) groups excluding carboxylic acids is 1. The minimum absolute atomic E-state index is 0.202. The summed E-state index contributed by atoms with van der Waals surface area (Å²) >= 11 is 13.7. The Labute approximate surface area is 201 Å². The van der Waals surface area contributed by atoms with Crippen molar-refractivity contribution in [2.75, 3.05) is 19.6 Å². The van der Waals surface area contributed by atoms with Crippen molar-refractivity contribution in [3.8, 4) is 0 Å². The van der Waals surface area contributed by atoms with Gasteiger partial charge in [-0.1, -0.05) is 49.2 Å². The third-order valence-corrected chi connectivity index (χ3v) is 6.82. The molecule has 1 saturated heterocycles. The number of nitrogens with zero attached hydrogens (tertiary/aromatic N) is 4. The van der Waals surface area contributed by atoms with Gasteiger partial charge in [-0.15, -0.1) is 0 Å². The van der Waals surface area contributed by atoms with E-state index < -0.39 is 0 Å². The maximum Gasteiger partial charge on any atom is 0.264 e. The lowest BCUT2D eigenvalue weighted by molar-refractivity contribution is -0.115. The summed E-state index contributed by atoms with van der Waals surface area (Å²) in [6, 6.07) is 11.2. The Morgan fingerprint density at radius 1 is 1.19 bits per heavy atom. The van der Waals surface area contributed by atoms with Gasteiger partial charge in [-0.3, -0.25) is 4.79 Å². The van der Waals surface area contributed by atoms with E-state index in [-0.39, 0.29) is 5.91 Å². The van der Waals surface area contributed by atoms with Gasteiger partial charge < -0.3 is 14.8 Å². The largest absolute Gasteiger partial charge is 0.329 e. The van der Waals surface area contributed by atoms with E-state index in [0.717, 1.165) is 42.8 Å². The van der Waals surface area contributed by atoms with Gasteiger partial charge in [0, 0.05) is 13.1 Å². The molecule has 0 radical (unpaired) electrons. The van der Waals surface area contributed by atoms with Gasteiger partial charge in [0.2, 0.25) is 0 Å². The number of fused-ring (bicyclic) bond motifs is 1. The highest BCUT2D eigenvalue weighted by Gasteiger charge is 2.24. The number of hydrogen-bond donors (Lipinski definition) is 1. The van der Waals surface area contributed by atoms with Crippen LogP contribution in [0.15, 0.2) is 52.6 Å². The molecule has 0 bridgehead atoms. The highest BCUT2D eigenvalue weighted by atomic mass is 35.5. The molecule has 2 heterocycles. The van der Waals surface area contributed by atoms with Crippen molar-refractivity contribution in [3.63, 3.8) is 0 Å². The molecule has 1 amide bonds. The number of amides is 1. The fourth-order valence-corrected chi connectivity index (χ4v) is 4.77. The van der Waals surface area contributed by atoms with Gasteiger partial charge in [-0.25, -0.2) is 9.98 Å². The van der Waals surface area contributed by atoms with Gasteiger partial charge in [0.05, 0.1) is 32.3 Å². The normalized spacial score (nSPS) is 16.6. The van der Waals surface area contributed by atoms with Gasteiger partial charge in [0.25, 0.3) is 5.91 Å². The minimum Gasteiger partial charge on any atom is -0.329 e. The van der Waals surface area contributed by atoms with E-state index in [1.54, 1.807) is 18.2 Å². The maximum atomic E-state index is 12.5. The van der Waals surface area contributed by atoms with Crippen LogP contribution in [0, 0.1) is 0 Å². The Morgan fingerprint density at radius 3 is 2.66 bits per heavy atom. The molecule has 1 aliphatic rings. The average Bonchev–Trinajstić information content (AvgIpc) is 3.34. The van der Waals surface area contributed by atoms with Crippen molar-refractivity contribution in [1.29, 1.82) is 0 Å². The molecule has 32 heavy (non-hydrogen) atoms. The van der Waals surface area contributed by atoms with Gasteiger partial charge in [-0.2, -0.15) is 0 Å². The molecule has 3 aromatic rings. The standard InChI is InChI=1S/C23H23Cl2N5OS/c1-3-29(4-2)10-11-30-14-26-18-9-8-15(12-19(18)30)13-20-22(31)28-23(32-20)27-21-16(24)6-5-7-17(21)25/h5-9,12-14H,3-4,10-11H2,1-2H3,(H,27,28,31). The highest BCUT2D eigenvalue weighted by molar-refractivity contribution is 8.18. The number of amidine groups is 1. The lowest BCUT2D eigenvalue weighted by atomic mass is 10.2. The van der Waals surface area contributed by atoms with E-state index >= 15 is 0 Å². The van der Waals surface area contributed by atoms with E-state index in [9.17, 15) is 4.79 Å². The van der Waals surface area contributed by atoms with E-state index in [4.69, 9.17) is 23.2 Å². The van der Waals surface area contributed by atoms with Crippen molar-refractivity contribution in [2.24, 2.45) is 4.99 Å². The Kier molecular flexibility index (Phi) is 7.20. The van der Waals surface area contributed by atoms with Gasteiger partial charge in [-0.05, 0) is 60.8 Å². The first-order valence-corrected chi connectivity index (χ1v) is 12.0. The predicted octanol–water partition coefficient (Wildman–Crippen LogP) is 5.58. The van der Waals surface area contributed by atoms with Crippen LogP contribution in [0.1, 0.15) is 19.4 Å². The molecule has 2 aromatic carbocycles. The molecule has 0 aliphatic carbocycles. The second kappa shape index (κ2) is 10.1. The molecule has 9 heteroatoms. The number of carbonyl (C=O) groups is 1. The van der Waals surface area contributed by atoms with E-state index in [1.807, 2.05) is 24.5 Å². The fourth-order valence-electron chi connectivity index (χ4n) is 3.46. The van der Waals surface area contributed by atoms with Crippen molar-refractivity contribution in [3.05, 3.63) is 63.2 Å². The topological polar surface area (TPSA) is 62.5 Å². The van der Waals surface area contributed by atoms with Crippen LogP contribution in [-0.2, 0) is 11.3 Å². The lowest BCUT2D eigenvalue weighted by Crippen LogP contribution is -2.26. The monoisotopic (exact) mass is 487 g/mol. The fraction of sp³-hybridized carbons (Fsp3) is 0.261. The summed E-state index contributed by atoms with van der Waals surface area (Å²) in [6.07, 6.45) is 3.73. The second-order valence-electron chi connectivity index (χ2n) is 7.26. The Hall–Kier alpha value is -2.32. The summed E-state index contributed by atoms with van der Waals surface area (Å²) in [6.45, 7) is 8.21. The number of benzene rings is 2. The van der Waals surface area contributed by atoms with Crippen LogP contribution in [0.25, 0.3) is 17.1 Å². The molecule has 0 atom stereocenters. The van der Waals surface area contributed by atoms with Crippen LogP contribution < -0.4 is 5.32 Å². The summed E-state index contributed by atoms with van der Waals surface area (Å²) in [5, 5.41) is 4.09. The summed E-state index contributed by atoms with van der Waals surface area (Å²) in [4.78, 5) is 24.4. The summed E-state index contributed by atoms with van der Waals surface area (Å²) in [5.41, 5.74) is 3.35. The first-order chi connectivity index (χ1) is 15.5. The van der Waals surface area contributed by atoms with Crippen molar-refractivity contribution >= 4 is 68.8 Å². The van der Waals surface area contributed by atoms with Crippen LogP contribution in [0.2, 0.25) is 10.0 Å². The smallest absolute Gasteiger partial charge is 0.264 e. The summed E-state index contributed by atoms with van der Waals surface area (Å²) in [5.74, 6) is -0.202. The third kappa shape index (κ3) is 5.02. The molecular weight excluding hydrogens is 465 g/mol. The summed E-state index contributed by atoms with van der Waals surface area (Å²) in [7, 11) is 0. The second-order valence-corrected chi connectivity index (χ2v) is 9.11. The molecule has 1 N–H and O–H groups in total. The van der Waals surface area contributed by atoms with Crippen molar-refractivity contribution in [1.82, 2.24) is 19.8 Å². The number of para-hydroxylation sites is 1. The number of hydrogen-bond acceptors (Lipinski definition) is 5. The Morgan fingerprint density at radius 2 is 1.94 bits per heavy atom. The minimum atomic E-state index is -0.202. The third-order valence-electron chi connectivity index (χ3n) is 5.30. The quantitative estimate of drug-likeness (QED) is 0.442. The molecule has 166 valence electrons. The maximum absolute atomic E-state index is 12.5. The predicted molar refractivity (Wildman–Crippen MR) is 135 cm³/mol. The number of imidazole rings is 1. The van der Waals surface area contributed by atoms with Crippen LogP contribution >= 0.6 is 35.0 Å². The van der Waals surface area contributed by atoms with Crippen molar-refractivity contribution in [2.45, 2.75) is 20.4 Å². The van der Waals surface area contributed by atoms with E-state index in [0.29, 0.717) is 25.8 Å². The first kappa shape index (κ1) is 22.9. The molecule has 1 aliphatic heterocycles. The zero-order chi connectivity index (χ0) is 22.7. The number of nitrogens with one attached hydrogen (secondary N) is 1. The summed E-state index contributed by atoms with van der Waals surface area (Å²) < 4.78 is 2.16. The Balaban J connectivity index is 1.57. The number of aliphatic imine (C=N–C) groups is 1. The van der Waals surface area contributed by atoms with Crippen LogP contribution in [0.4, 0.5) is 5.69 Å². The average molecular weight is 488 g/mol. The van der Waals surface area contributed by atoms with Gasteiger partial charge >= 0.3 is 0 Å². The SMILES string of the molecule is CCN(CC)CCn1cnc2ccc(C=C3SC(=Nc4c(Cl)cccc4Cl)NC3=O)cc21. The molecule has 0 spiro atoms. The zero-order valence-electron chi connectivity index (χ0n) is 17.8. The van der Waals surface area contributed by atoms with Crippen molar-refractivity contribution < 1.29 is 4.79 Å². The van der Waals surface area contributed by atoms with E-state index in [1.165, 1.54) is 11.8 Å². The molecule has 1 fully saturated rings. The molecular formula is C23H23Cl2N5OS. The number of thioether (sulfide) groups is 1. The lowest BCUT2D eigenvalue weighted by Gasteiger charge is -2.18. The number of halogens is 2. The number of aromatic nitrogens is 2. The molecule has 0 saturated carbocycles. The van der Waals surface area contributed by atoms with Gasteiger partial charge in [0.15, 0.2) is 5.17 Å². The van der Waals surface area contributed by atoms with E-state index in [2.05, 4.69) is 44.7 Å². The highest BCUT2D eigenvalue weighted by Crippen LogP contribution is 2.35. The molecule has 6 nitrogen and oxygen atoms in total. The Bertz CT molecular complexity index is 1200.